The Hall–Kier alpha value is -1.06. The van der Waals surface area contributed by atoms with Crippen LogP contribution in [0.2, 0.25) is 0 Å². The van der Waals surface area contributed by atoms with Crippen LogP contribution in [-0.4, -0.2) is 32.4 Å². The molecule has 3 heteroatoms. The average Bonchev–Trinajstić information content (AvgIpc) is 2.81. The molecule has 1 unspecified atom stereocenters. The fourth-order valence-electron chi connectivity index (χ4n) is 3.14. The van der Waals surface area contributed by atoms with E-state index in [1.807, 2.05) is 0 Å². The van der Waals surface area contributed by atoms with Gasteiger partial charge in [0.05, 0.1) is 0 Å². The quantitative estimate of drug-likeness (QED) is 0.916. The third kappa shape index (κ3) is 3.15. The number of rotatable bonds is 4. The molecule has 0 aromatic heterocycles. The highest BCUT2D eigenvalue weighted by Crippen LogP contribution is 2.30. The number of benzene rings is 1. The van der Waals surface area contributed by atoms with Gasteiger partial charge >= 0.3 is 0 Å². The zero-order valence-electron chi connectivity index (χ0n) is 12.6. The first-order chi connectivity index (χ1) is 9.65. The molecule has 20 heavy (non-hydrogen) atoms. The van der Waals surface area contributed by atoms with Gasteiger partial charge in [0.25, 0.3) is 0 Å². The molecule has 0 spiro atoms. The smallest absolute Gasteiger partial charge is 0.123 e. The van der Waals surface area contributed by atoms with Crippen molar-refractivity contribution in [2.24, 2.45) is 5.41 Å². The van der Waals surface area contributed by atoms with Gasteiger partial charge in [-0.2, -0.15) is 0 Å². The Labute approximate surface area is 121 Å². The van der Waals surface area contributed by atoms with Crippen LogP contribution in [0.1, 0.15) is 30.9 Å². The van der Waals surface area contributed by atoms with Crippen molar-refractivity contribution in [2.75, 3.05) is 26.3 Å². The van der Waals surface area contributed by atoms with Gasteiger partial charge in [-0.25, -0.2) is 0 Å². The molecule has 0 bridgehead atoms. The van der Waals surface area contributed by atoms with E-state index in [1.165, 1.54) is 11.1 Å². The lowest BCUT2D eigenvalue weighted by Crippen LogP contribution is -2.40. The first kappa shape index (κ1) is 13.9. The topological polar surface area (TPSA) is 30.5 Å². The van der Waals surface area contributed by atoms with Crippen LogP contribution in [0.15, 0.2) is 18.2 Å². The van der Waals surface area contributed by atoms with E-state index in [0.29, 0.717) is 5.41 Å². The van der Waals surface area contributed by atoms with Crippen molar-refractivity contribution in [3.8, 4) is 5.75 Å². The summed E-state index contributed by atoms with van der Waals surface area (Å²) < 4.78 is 11.4. The molecule has 3 nitrogen and oxygen atoms in total. The molecule has 1 N–H and O–H groups in total. The van der Waals surface area contributed by atoms with E-state index in [0.717, 1.165) is 51.3 Å². The molecule has 2 aliphatic rings. The average molecular weight is 275 g/mol. The summed E-state index contributed by atoms with van der Waals surface area (Å²) in [6.45, 7) is 8.30. The van der Waals surface area contributed by atoms with Crippen LogP contribution in [0.4, 0.5) is 0 Å². The van der Waals surface area contributed by atoms with Gasteiger partial charge in [0.15, 0.2) is 0 Å². The van der Waals surface area contributed by atoms with Gasteiger partial charge < -0.3 is 14.8 Å². The van der Waals surface area contributed by atoms with Gasteiger partial charge in [0.2, 0.25) is 0 Å². The zero-order chi connectivity index (χ0) is 14.0. The fraction of sp³-hybridized carbons (Fsp3) is 0.647. The molecule has 1 atom stereocenters. The minimum Gasteiger partial charge on any atom is -0.488 e. The second-order valence-corrected chi connectivity index (χ2v) is 6.61. The lowest BCUT2D eigenvalue weighted by Gasteiger charge is -2.34. The van der Waals surface area contributed by atoms with E-state index in [9.17, 15) is 0 Å². The second kappa shape index (κ2) is 5.74. The Morgan fingerprint density at radius 2 is 2.10 bits per heavy atom. The normalized spacial score (nSPS) is 24.2. The largest absolute Gasteiger partial charge is 0.488 e. The van der Waals surface area contributed by atoms with Gasteiger partial charge in [0, 0.05) is 32.7 Å². The van der Waals surface area contributed by atoms with Gasteiger partial charge in [-0.3, -0.25) is 0 Å². The van der Waals surface area contributed by atoms with Crippen molar-refractivity contribution >= 4 is 0 Å². The standard InChI is InChI=1S/C17H25NO2/c1-13-3-4-16-14(9-13)10-15(20-16)11-18-12-17(2)5-7-19-8-6-17/h3-4,9,15,18H,5-8,10-12H2,1-2H3. The van der Waals surface area contributed by atoms with Crippen molar-refractivity contribution in [1.29, 1.82) is 0 Å². The van der Waals surface area contributed by atoms with Crippen molar-refractivity contribution in [3.63, 3.8) is 0 Å². The minimum absolute atomic E-state index is 0.287. The summed E-state index contributed by atoms with van der Waals surface area (Å²) in [6, 6.07) is 6.47. The van der Waals surface area contributed by atoms with Crippen molar-refractivity contribution in [3.05, 3.63) is 29.3 Å². The van der Waals surface area contributed by atoms with Crippen LogP contribution in [0.5, 0.6) is 5.75 Å². The molecule has 3 rings (SSSR count). The van der Waals surface area contributed by atoms with Crippen LogP contribution < -0.4 is 10.1 Å². The predicted molar refractivity (Wildman–Crippen MR) is 80.3 cm³/mol. The Bertz CT molecular complexity index is 466. The van der Waals surface area contributed by atoms with Crippen LogP contribution in [0.3, 0.4) is 0 Å². The van der Waals surface area contributed by atoms with Crippen molar-refractivity contribution in [1.82, 2.24) is 5.32 Å². The summed E-state index contributed by atoms with van der Waals surface area (Å²) in [6.07, 6.45) is 3.63. The summed E-state index contributed by atoms with van der Waals surface area (Å²) in [7, 11) is 0. The molecule has 1 aromatic rings. The maximum absolute atomic E-state index is 6.00. The maximum atomic E-state index is 6.00. The summed E-state index contributed by atoms with van der Waals surface area (Å²) in [5.41, 5.74) is 3.06. The van der Waals surface area contributed by atoms with Gasteiger partial charge in [-0.05, 0) is 36.8 Å². The molecule has 1 aromatic carbocycles. The predicted octanol–water partition coefficient (Wildman–Crippen LogP) is 2.70. The lowest BCUT2D eigenvalue weighted by molar-refractivity contribution is 0.0233. The monoisotopic (exact) mass is 275 g/mol. The van der Waals surface area contributed by atoms with Crippen molar-refractivity contribution < 1.29 is 9.47 Å². The fourth-order valence-corrected chi connectivity index (χ4v) is 3.14. The summed E-state index contributed by atoms with van der Waals surface area (Å²) in [4.78, 5) is 0. The molecule has 110 valence electrons. The Kier molecular flexibility index (Phi) is 3.99. The van der Waals surface area contributed by atoms with E-state index in [1.54, 1.807) is 0 Å². The highest BCUT2D eigenvalue weighted by atomic mass is 16.5. The first-order valence-electron chi connectivity index (χ1n) is 7.69. The van der Waals surface area contributed by atoms with Gasteiger partial charge in [-0.15, -0.1) is 0 Å². The first-order valence-corrected chi connectivity index (χ1v) is 7.69. The third-order valence-corrected chi connectivity index (χ3v) is 4.58. The summed E-state index contributed by atoms with van der Waals surface area (Å²) >= 11 is 0. The number of nitrogens with one attached hydrogen (secondary N) is 1. The Balaban J connectivity index is 1.46. The van der Waals surface area contributed by atoms with Gasteiger partial charge in [-0.1, -0.05) is 24.6 Å². The second-order valence-electron chi connectivity index (χ2n) is 6.61. The van der Waals surface area contributed by atoms with E-state index >= 15 is 0 Å². The number of aryl methyl sites for hydroxylation is 1. The van der Waals surface area contributed by atoms with E-state index in [-0.39, 0.29) is 6.10 Å². The minimum atomic E-state index is 0.287. The van der Waals surface area contributed by atoms with Crippen LogP contribution >= 0.6 is 0 Å². The van der Waals surface area contributed by atoms with E-state index < -0.39 is 0 Å². The summed E-state index contributed by atoms with van der Waals surface area (Å²) in [5, 5.41) is 3.61. The number of fused-ring (bicyclic) bond motifs is 1. The molecule has 2 aliphatic heterocycles. The number of hydrogen-bond donors (Lipinski definition) is 1. The van der Waals surface area contributed by atoms with E-state index in [4.69, 9.17) is 9.47 Å². The molecular formula is C17H25NO2. The van der Waals surface area contributed by atoms with Gasteiger partial charge in [0.1, 0.15) is 11.9 Å². The third-order valence-electron chi connectivity index (χ3n) is 4.58. The zero-order valence-corrected chi connectivity index (χ0v) is 12.6. The molecule has 2 heterocycles. The number of ether oxygens (including phenoxy) is 2. The highest BCUT2D eigenvalue weighted by molar-refractivity contribution is 5.40. The van der Waals surface area contributed by atoms with Crippen LogP contribution in [0, 0.1) is 12.3 Å². The molecule has 0 aliphatic carbocycles. The summed E-state index contributed by atoms with van der Waals surface area (Å²) in [5.74, 6) is 1.07. The molecule has 1 fully saturated rings. The SMILES string of the molecule is Cc1ccc2c(c1)CC(CNCC1(C)CCOCC1)O2. The molecule has 1 saturated heterocycles. The van der Waals surface area contributed by atoms with Crippen molar-refractivity contribution in [2.45, 2.75) is 39.2 Å². The van der Waals surface area contributed by atoms with Crippen LogP contribution in [-0.2, 0) is 11.2 Å². The maximum Gasteiger partial charge on any atom is 0.123 e. The highest BCUT2D eigenvalue weighted by Gasteiger charge is 2.28. The Morgan fingerprint density at radius 1 is 1.30 bits per heavy atom. The number of hydrogen-bond acceptors (Lipinski definition) is 3. The lowest BCUT2D eigenvalue weighted by atomic mass is 9.82. The molecular weight excluding hydrogens is 250 g/mol. The Morgan fingerprint density at radius 3 is 2.90 bits per heavy atom. The van der Waals surface area contributed by atoms with Crippen LogP contribution in [0.25, 0.3) is 0 Å². The molecule has 0 radical (unpaired) electrons. The van der Waals surface area contributed by atoms with E-state index in [2.05, 4.69) is 37.4 Å². The molecule has 0 saturated carbocycles. The molecule has 0 amide bonds.